The van der Waals surface area contributed by atoms with Crippen molar-refractivity contribution < 1.29 is 37.3 Å². The number of rotatable bonds is 52. The molecule has 416 valence electrons. The summed E-state index contributed by atoms with van der Waals surface area (Å²) in [6, 6.07) is -0.931. The van der Waals surface area contributed by atoms with Crippen molar-refractivity contribution in [2.24, 2.45) is 0 Å². The first-order valence-electron chi connectivity index (χ1n) is 29.4. The number of phosphoric acid groups is 1. The van der Waals surface area contributed by atoms with Gasteiger partial charge in [-0.3, -0.25) is 14.2 Å². The molecule has 3 atom stereocenters. The Bertz CT molecular complexity index is 1510. The van der Waals surface area contributed by atoms with Crippen LogP contribution in [0.5, 0.6) is 0 Å². The first kappa shape index (κ1) is 69.2. The molecule has 1 amide bonds. The fourth-order valence-electron chi connectivity index (χ4n) is 8.03. The van der Waals surface area contributed by atoms with Crippen molar-refractivity contribution in [3.8, 4) is 0 Å². The van der Waals surface area contributed by atoms with Crippen LogP contribution in [-0.2, 0) is 27.9 Å². The molecule has 0 saturated heterocycles. The molecule has 0 bridgehead atoms. The van der Waals surface area contributed by atoms with E-state index in [1.165, 1.54) is 128 Å². The quantitative estimate of drug-likeness (QED) is 0.0212. The fourth-order valence-corrected chi connectivity index (χ4v) is 8.76. The van der Waals surface area contributed by atoms with Gasteiger partial charge in [0.25, 0.3) is 7.82 Å². The number of phosphoric ester groups is 1. The third kappa shape index (κ3) is 52.1. The molecule has 72 heavy (non-hydrogen) atoms. The summed E-state index contributed by atoms with van der Waals surface area (Å²) in [5, 5.41) is 2.97. The molecule has 0 rings (SSSR count). The number of esters is 1. The molecule has 9 nitrogen and oxygen atoms in total. The van der Waals surface area contributed by atoms with Gasteiger partial charge in [0, 0.05) is 12.8 Å². The minimum Gasteiger partial charge on any atom is -0.756 e. The summed E-state index contributed by atoms with van der Waals surface area (Å²) >= 11 is 0. The highest BCUT2D eigenvalue weighted by Gasteiger charge is 2.27. The van der Waals surface area contributed by atoms with Gasteiger partial charge >= 0.3 is 5.97 Å². The lowest BCUT2D eigenvalue weighted by atomic mass is 10.1. The second-order valence-electron chi connectivity index (χ2n) is 20.8. The number of unbranched alkanes of at least 4 members (excludes halogenated alkanes) is 24. The van der Waals surface area contributed by atoms with E-state index in [1.807, 2.05) is 45.4 Å². The van der Waals surface area contributed by atoms with E-state index in [0.29, 0.717) is 17.4 Å². The van der Waals surface area contributed by atoms with Crippen molar-refractivity contribution in [2.75, 3.05) is 40.9 Å². The van der Waals surface area contributed by atoms with Crippen LogP contribution in [0.15, 0.2) is 85.1 Å². The number of quaternary nitrogens is 1. The molecule has 0 heterocycles. The molecule has 0 radical (unpaired) electrons. The number of nitrogens with one attached hydrogen (secondary N) is 1. The van der Waals surface area contributed by atoms with E-state index < -0.39 is 26.6 Å². The van der Waals surface area contributed by atoms with Crippen LogP contribution in [0.2, 0.25) is 0 Å². The van der Waals surface area contributed by atoms with E-state index in [9.17, 15) is 19.0 Å². The number of carbonyl (C=O) groups excluding carboxylic acids is 2. The lowest BCUT2D eigenvalue weighted by molar-refractivity contribution is -0.870. The maximum atomic E-state index is 13.4. The summed E-state index contributed by atoms with van der Waals surface area (Å²) < 4.78 is 30.2. The molecular formula is C62H111N2O7P. The largest absolute Gasteiger partial charge is 0.756 e. The zero-order chi connectivity index (χ0) is 52.9. The molecule has 10 heteroatoms. The van der Waals surface area contributed by atoms with Crippen LogP contribution in [-0.4, -0.2) is 69.4 Å². The summed E-state index contributed by atoms with van der Waals surface area (Å²) in [6.45, 7) is 6.65. The SMILES string of the molecule is CC/C=C/C/C=C/C/C=C/C/C=C/C/C=C/CCC(=O)NC(COP(=O)([O-])OCC[N+](C)(C)C)C(/C=C/CCCCCCCCCCC)OC(=O)CCCCCCCCCCC/C=C/CCCCCCCC. The first-order chi connectivity index (χ1) is 34.9. The maximum Gasteiger partial charge on any atom is 0.306 e. The molecule has 0 aromatic carbocycles. The number of carbonyl (C=O) groups is 2. The fraction of sp³-hybridized carbons (Fsp3) is 0.742. The first-order valence-corrected chi connectivity index (χ1v) is 30.9. The topological polar surface area (TPSA) is 114 Å². The molecule has 0 aromatic rings. The molecule has 0 aliphatic carbocycles. The van der Waals surface area contributed by atoms with Gasteiger partial charge in [-0.15, -0.1) is 0 Å². The van der Waals surface area contributed by atoms with Gasteiger partial charge in [0.2, 0.25) is 5.91 Å². The molecular weight excluding hydrogens is 916 g/mol. The Morgan fingerprint density at radius 1 is 0.500 bits per heavy atom. The van der Waals surface area contributed by atoms with E-state index in [1.54, 1.807) is 0 Å². The summed E-state index contributed by atoms with van der Waals surface area (Å²) in [5.74, 6) is -0.642. The van der Waals surface area contributed by atoms with E-state index in [0.717, 1.165) is 77.0 Å². The Balaban J connectivity index is 5.37. The maximum absolute atomic E-state index is 13.4. The molecule has 0 aliphatic heterocycles. The van der Waals surface area contributed by atoms with Gasteiger partial charge in [-0.1, -0.05) is 228 Å². The van der Waals surface area contributed by atoms with Crippen LogP contribution in [0.25, 0.3) is 0 Å². The van der Waals surface area contributed by atoms with Gasteiger partial charge in [-0.25, -0.2) is 0 Å². The van der Waals surface area contributed by atoms with Crippen LogP contribution in [0.1, 0.15) is 245 Å². The Hall–Kier alpha value is -2.81. The number of hydrogen-bond donors (Lipinski definition) is 1. The number of ether oxygens (including phenoxy) is 1. The third-order valence-electron chi connectivity index (χ3n) is 12.6. The highest BCUT2D eigenvalue weighted by molar-refractivity contribution is 7.45. The zero-order valence-corrected chi connectivity index (χ0v) is 48.3. The van der Waals surface area contributed by atoms with Gasteiger partial charge < -0.3 is 28.5 Å². The lowest BCUT2D eigenvalue weighted by Gasteiger charge is -2.30. The van der Waals surface area contributed by atoms with Crippen LogP contribution in [0.3, 0.4) is 0 Å². The van der Waals surface area contributed by atoms with Crippen molar-refractivity contribution in [3.63, 3.8) is 0 Å². The zero-order valence-electron chi connectivity index (χ0n) is 47.4. The van der Waals surface area contributed by atoms with Gasteiger partial charge in [-0.2, -0.15) is 0 Å². The number of nitrogens with zero attached hydrogens (tertiary/aromatic N) is 1. The van der Waals surface area contributed by atoms with Crippen molar-refractivity contribution >= 4 is 19.7 Å². The minimum atomic E-state index is -4.72. The van der Waals surface area contributed by atoms with E-state index >= 15 is 0 Å². The second-order valence-corrected chi connectivity index (χ2v) is 22.2. The number of hydrogen-bond acceptors (Lipinski definition) is 7. The van der Waals surface area contributed by atoms with Crippen LogP contribution >= 0.6 is 7.82 Å². The Kier molecular flexibility index (Phi) is 49.6. The van der Waals surface area contributed by atoms with Crippen LogP contribution in [0, 0.1) is 0 Å². The number of likely N-dealkylation sites (N-methyl/N-ethyl adjacent to an activating group) is 1. The second kappa shape index (κ2) is 51.7. The summed E-state index contributed by atoms with van der Waals surface area (Å²) in [7, 11) is 1.13. The highest BCUT2D eigenvalue weighted by Crippen LogP contribution is 2.38. The monoisotopic (exact) mass is 1030 g/mol. The Morgan fingerprint density at radius 2 is 0.903 bits per heavy atom. The number of amides is 1. The van der Waals surface area contributed by atoms with E-state index in [4.69, 9.17) is 13.8 Å². The van der Waals surface area contributed by atoms with Crippen molar-refractivity contribution in [1.82, 2.24) is 5.32 Å². The van der Waals surface area contributed by atoms with E-state index in [2.05, 4.69) is 86.8 Å². The molecule has 1 N–H and O–H groups in total. The van der Waals surface area contributed by atoms with Crippen LogP contribution in [0.4, 0.5) is 0 Å². The van der Waals surface area contributed by atoms with Crippen molar-refractivity contribution in [2.45, 2.75) is 258 Å². The molecule has 0 aliphatic rings. The smallest absolute Gasteiger partial charge is 0.306 e. The molecule has 0 spiro atoms. The summed E-state index contributed by atoms with van der Waals surface area (Å²) in [6.07, 6.45) is 67.1. The molecule has 3 unspecified atom stereocenters. The lowest BCUT2D eigenvalue weighted by Crippen LogP contribution is -2.47. The van der Waals surface area contributed by atoms with Gasteiger partial charge in [0.05, 0.1) is 33.8 Å². The predicted octanol–water partition coefficient (Wildman–Crippen LogP) is 17.2. The Labute approximate surface area is 444 Å². The number of allylic oxidation sites excluding steroid dienone is 13. The van der Waals surface area contributed by atoms with Crippen LogP contribution < -0.4 is 10.2 Å². The van der Waals surface area contributed by atoms with Gasteiger partial charge in [0.1, 0.15) is 19.3 Å². The normalized spacial score (nSPS) is 14.4. The summed E-state index contributed by atoms with van der Waals surface area (Å²) in [5.41, 5.74) is 0. The predicted molar refractivity (Wildman–Crippen MR) is 307 cm³/mol. The minimum absolute atomic E-state index is 0.0388. The molecule has 0 fully saturated rings. The molecule has 0 aromatic heterocycles. The molecule has 0 saturated carbocycles. The standard InChI is InChI=1S/C62H111N2O7P/c1-7-10-13-16-19-22-25-27-29-31-32-33-35-37-40-43-46-49-52-55-62(66)71-60(53-50-47-44-41-38-24-21-18-15-12-9-3)59(58-70-72(67,68)69-57-56-64(4,5)6)63-61(65)54-51-48-45-42-39-36-34-30-28-26-23-20-17-14-11-8-2/h11,14,20,23,27-30,36,39,45,48,50,53,59-60H,7-10,12-13,15-19,21-22,24-26,31-35,37-38,40-44,46-47,49,51-52,54-58H2,1-6H3,(H-,63,65,67,68)/b14-11+,23-20+,29-27+,30-28+,39-36+,48-45+,53-50+. The third-order valence-corrected chi connectivity index (χ3v) is 13.5. The van der Waals surface area contributed by atoms with Crippen molar-refractivity contribution in [1.29, 1.82) is 0 Å². The highest BCUT2D eigenvalue weighted by atomic mass is 31.2. The van der Waals surface area contributed by atoms with Crippen molar-refractivity contribution in [3.05, 3.63) is 85.1 Å². The average molecular weight is 1030 g/mol. The summed E-state index contributed by atoms with van der Waals surface area (Å²) in [4.78, 5) is 39.8. The average Bonchev–Trinajstić information content (AvgIpc) is 3.34. The van der Waals surface area contributed by atoms with Gasteiger partial charge in [0.15, 0.2) is 0 Å². The van der Waals surface area contributed by atoms with E-state index in [-0.39, 0.29) is 31.3 Å². The van der Waals surface area contributed by atoms with Gasteiger partial charge in [-0.05, 0) is 89.5 Å². The Morgan fingerprint density at radius 3 is 1.36 bits per heavy atom.